The number of amides is 2. The van der Waals surface area contributed by atoms with Gasteiger partial charge in [-0.1, -0.05) is 0 Å². The predicted octanol–water partition coefficient (Wildman–Crippen LogP) is 2.35. The molecule has 3 aromatic rings. The molecule has 8 heteroatoms. The molecule has 0 bridgehead atoms. The third kappa shape index (κ3) is 3.05. The number of carbonyl (C=O) groups is 2. The van der Waals surface area contributed by atoms with Gasteiger partial charge >= 0.3 is 0 Å². The molecule has 2 N–H and O–H groups in total. The van der Waals surface area contributed by atoms with E-state index in [-0.39, 0.29) is 17.7 Å². The van der Waals surface area contributed by atoms with Crippen LogP contribution in [0.2, 0.25) is 0 Å². The number of nitrogens with one attached hydrogen (secondary N) is 2. The summed E-state index contributed by atoms with van der Waals surface area (Å²) in [7, 11) is 0. The molecule has 4 rings (SSSR count). The van der Waals surface area contributed by atoms with Crippen LogP contribution in [0.1, 0.15) is 28.9 Å². The van der Waals surface area contributed by atoms with E-state index in [1.165, 1.54) is 12.5 Å². The van der Waals surface area contributed by atoms with Crippen LogP contribution in [0.25, 0.3) is 11.0 Å². The first-order valence-electron chi connectivity index (χ1n) is 8.55. The van der Waals surface area contributed by atoms with Gasteiger partial charge in [-0.3, -0.25) is 14.7 Å². The number of likely N-dealkylation sites (tertiary alicyclic amines) is 1. The molecule has 1 fully saturated rings. The number of carbonyl (C=O) groups excluding carboxylic acids is 2. The lowest BCUT2D eigenvalue weighted by Crippen LogP contribution is -2.41. The number of H-pyrrole nitrogens is 1. The van der Waals surface area contributed by atoms with Crippen molar-refractivity contribution in [2.24, 2.45) is 5.92 Å². The SMILES string of the molecule is Cc1[nH]nc2ncc(NC(=O)C3CCN(C(=O)c4ccoc4)CC3)cc12. The number of aryl methyl sites for hydroxylation is 1. The van der Waals surface area contributed by atoms with Crippen LogP contribution in [0.4, 0.5) is 5.69 Å². The number of fused-ring (bicyclic) bond motifs is 1. The largest absolute Gasteiger partial charge is 0.472 e. The Hall–Kier alpha value is -3.16. The van der Waals surface area contributed by atoms with E-state index in [2.05, 4.69) is 20.5 Å². The minimum Gasteiger partial charge on any atom is -0.472 e. The Labute approximate surface area is 149 Å². The second-order valence-electron chi connectivity index (χ2n) is 6.51. The Balaban J connectivity index is 1.37. The molecule has 3 aromatic heterocycles. The summed E-state index contributed by atoms with van der Waals surface area (Å²) in [6.45, 7) is 3.02. The average molecular weight is 353 g/mol. The first-order chi connectivity index (χ1) is 12.6. The van der Waals surface area contributed by atoms with Gasteiger partial charge in [-0.2, -0.15) is 5.10 Å². The van der Waals surface area contributed by atoms with E-state index in [4.69, 9.17) is 4.42 Å². The van der Waals surface area contributed by atoms with Crippen molar-refractivity contribution in [1.29, 1.82) is 0 Å². The Kier molecular flexibility index (Phi) is 4.16. The fraction of sp³-hybridized carbons (Fsp3) is 0.333. The van der Waals surface area contributed by atoms with Gasteiger partial charge in [-0.15, -0.1) is 0 Å². The van der Waals surface area contributed by atoms with Crippen LogP contribution in [0, 0.1) is 12.8 Å². The molecule has 0 radical (unpaired) electrons. The van der Waals surface area contributed by atoms with Crippen LogP contribution in [-0.4, -0.2) is 45.0 Å². The molecule has 8 nitrogen and oxygen atoms in total. The van der Waals surface area contributed by atoms with Gasteiger partial charge in [0.1, 0.15) is 6.26 Å². The number of piperidine rings is 1. The van der Waals surface area contributed by atoms with Crippen molar-refractivity contribution in [2.45, 2.75) is 19.8 Å². The number of anilines is 1. The number of aromatic amines is 1. The van der Waals surface area contributed by atoms with E-state index in [9.17, 15) is 9.59 Å². The lowest BCUT2D eigenvalue weighted by Gasteiger charge is -2.31. The maximum Gasteiger partial charge on any atom is 0.257 e. The molecule has 134 valence electrons. The molecule has 1 saturated heterocycles. The number of hydrogen-bond acceptors (Lipinski definition) is 5. The van der Waals surface area contributed by atoms with Gasteiger partial charge in [-0.25, -0.2) is 4.98 Å². The Morgan fingerprint density at radius 2 is 2.15 bits per heavy atom. The molecule has 4 heterocycles. The molecule has 0 unspecified atom stereocenters. The second kappa shape index (κ2) is 6.62. The predicted molar refractivity (Wildman–Crippen MR) is 94.6 cm³/mol. The summed E-state index contributed by atoms with van der Waals surface area (Å²) in [5, 5.41) is 10.8. The highest BCUT2D eigenvalue weighted by Gasteiger charge is 2.28. The first kappa shape index (κ1) is 16.3. The van der Waals surface area contributed by atoms with Gasteiger partial charge in [0.2, 0.25) is 5.91 Å². The normalized spacial score (nSPS) is 15.3. The molecular formula is C18H19N5O3. The van der Waals surface area contributed by atoms with E-state index < -0.39 is 0 Å². The molecule has 0 aromatic carbocycles. The van der Waals surface area contributed by atoms with Crippen molar-refractivity contribution in [2.75, 3.05) is 18.4 Å². The molecule has 0 saturated carbocycles. The number of pyridine rings is 1. The quantitative estimate of drug-likeness (QED) is 0.752. The zero-order chi connectivity index (χ0) is 18.1. The minimum atomic E-state index is -0.121. The summed E-state index contributed by atoms with van der Waals surface area (Å²) >= 11 is 0. The molecule has 1 aliphatic rings. The fourth-order valence-electron chi connectivity index (χ4n) is 3.25. The summed E-state index contributed by atoms with van der Waals surface area (Å²) < 4.78 is 4.96. The van der Waals surface area contributed by atoms with Crippen molar-refractivity contribution in [3.05, 3.63) is 42.1 Å². The monoisotopic (exact) mass is 353 g/mol. The minimum absolute atomic E-state index is 0.0392. The molecule has 26 heavy (non-hydrogen) atoms. The van der Waals surface area contributed by atoms with Gasteiger partial charge in [0, 0.05) is 30.1 Å². The van der Waals surface area contributed by atoms with Crippen LogP contribution in [0.15, 0.2) is 35.3 Å². The van der Waals surface area contributed by atoms with E-state index in [0.717, 1.165) is 11.1 Å². The molecule has 0 atom stereocenters. The van der Waals surface area contributed by atoms with Crippen LogP contribution in [0.5, 0.6) is 0 Å². The summed E-state index contributed by atoms with van der Waals surface area (Å²) in [5.41, 5.74) is 2.74. The Morgan fingerprint density at radius 1 is 1.35 bits per heavy atom. The lowest BCUT2D eigenvalue weighted by atomic mass is 9.95. The van der Waals surface area contributed by atoms with E-state index in [0.29, 0.717) is 42.8 Å². The zero-order valence-corrected chi connectivity index (χ0v) is 14.4. The fourth-order valence-corrected chi connectivity index (χ4v) is 3.25. The van der Waals surface area contributed by atoms with Gasteiger partial charge in [0.05, 0.1) is 23.7 Å². The topological polar surface area (TPSA) is 104 Å². The van der Waals surface area contributed by atoms with Crippen LogP contribution in [0.3, 0.4) is 0 Å². The van der Waals surface area contributed by atoms with Crippen LogP contribution < -0.4 is 5.32 Å². The third-order valence-corrected chi connectivity index (χ3v) is 4.79. The summed E-state index contributed by atoms with van der Waals surface area (Å²) in [6.07, 6.45) is 5.81. The van der Waals surface area contributed by atoms with Crippen molar-refractivity contribution < 1.29 is 14.0 Å². The summed E-state index contributed by atoms with van der Waals surface area (Å²) in [6, 6.07) is 3.53. The molecular weight excluding hydrogens is 334 g/mol. The van der Waals surface area contributed by atoms with Gasteiger partial charge in [0.15, 0.2) is 5.65 Å². The van der Waals surface area contributed by atoms with Crippen molar-refractivity contribution in [3.63, 3.8) is 0 Å². The van der Waals surface area contributed by atoms with Crippen molar-refractivity contribution in [1.82, 2.24) is 20.1 Å². The van der Waals surface area contributed by atoms with E-state index in [1.54, 1.807) is 17.2 Å². The first-order valence-corrected chi connectivity index (χ1v) is 8.55. The molecule has 0 spiro atoms. The number of furan rings is 1. The highest BCUT2D eigenvalue weighted by atomic mass is 16.3. The van der Waals surface area contributed by atoms with Crippen LogP contribution >= 0.6 is 0 Å². The smallest absolute Gasteiger partial charge is 0.257 e. The van der Waals surface area contributed by atoms with Crippen LogP contribution in [-0.2, 0) is 4.79 Å². The standard InChI is InChI=1S/C18H19N5O3/c1-11-15-8-14(9-19-16(15)22-21-11)20-17(24)12-2-5-23(6-3-12)18(25)13-4-7-26-10-13/h4,7-10,12H,2-3,5-6H2,1H3,(H,20,24)(H,19,21,22). The molecule has 1 aliphatic heterocycles. The molecule has 2 amide bonds. The molecule has 0 aliphatic carbocycles. The zero-order valence-electron chi connectivity index (χ0n) is 14.4. The van der Waals surface area contributed by atoms with Gasteiger partial charge in [-0.05, 0) is 31.9 Å². The third-order valence-electron chi connectivity index (χ3n) is 4.79. The summed E-state index contributed by atoms with van der Waals surface area (Å²) in [5.74, 6) is -0.213. The Morgan fingerprint density at radius 3 is 2.88 bits per heavy atom. The average Bonchev–Trinajstić information content (AvgIpc) is 3.32. The number of hydrogen-bond donors (Lipinski definition) is 2. The van der Waals surface area contributed by atoms with E-state index in [1.807, 2.05) is 13.0 Å². The highest BCUT2D eigenvalue weighted by Crippen LogP contribution is 2.22. The second-order valence-corrected chi connectivity index (χ2v) is 6.51. The number of aromatic nitrogens is 3. The van der Waals surface area contributed by atoms with Gasteiger partial charge < -0.3 is 14.6 Å². The number of rotatable bonds is 3. The van der Waals surface area contributed by atoms with E-state index >= 15 is 0 Å². The van der Waals surface area contributed by atoms with Crippen molar-refractivity contribution in [3.8, 4) is 0 Å². The van der Waals surface area contributed by atoms with Crippen molar-refractivity contribution >= 4 is 28.5 Å². The lowest BCUT2D eigenvalue weighted by molar-refractivity contribution is -0.121. The maximum absolute atomic E-state index is 12.6. The maximum atomic E-state index is 12.6. The summed E-state index contributed by atoms with van der Waals surface area (Å²) in [4.78, 5) is 30.9. The van der Waals surface area contributed by atoms with Gasteiger partial charge in [0.25, 0.3) is 5.91 Å². The Bertz CT molecular complexity index is 939. The number of nitrogens with zero attached hydrogens (tertiary/aromatic N) is 3. The highest BCUT2D eigenvalue weighted by molar-refractivity contribution is 5.96.